The van der Waals surface area contributed by atoms with E-state index in [2.05, 4.69) is 10.5 Å². The number of hydrogen-bond acceptors (Lipinski definition) is 8. The van der Waals surface area contributed by atoms with E-state index in [1.807, 2.05) is 0 Å². The number of benzene rings is 1. The second-order valence-corrected chi connectivity index (χ2v) is 6.23. The van der Waals surface area contributed by atoms with Gasteiger partial charge in [0, 0.05) is 0 Å². The first kappa shape index (κ1) is 19.9. The molecule has 7 N–H and O–H groups in total. The average molecular weight is 393 g/mol. The molecule has 0 aromatic heterocycles. The lowest BCUT2D eigenvalue weighted by molar-refractivity contribution is -0.299. The average Bonchev–Trinajstić information content (AvgIpc) is 2.67. The van der Waals surface area contributed by atoms with Crippen molar-refractivity contribution in [3.63, 3.8) is 0 Å². The summed E-state index contributed by atoms with van der Waals surface area (Å²) in [4.78, 5) is 22.2. The van der Waals surface area contributed by atoms with Crippen molar-refractivity contribution in [1.82, 2.24) is 5.43 Å². The van der Waals surface area contributed by atoms with E-state index in [0.29, 0.717) is 5.56 Å². The summed E-state index contributed by atoms with van der Waals surface area (Å²) in [5.41, 5.74) is 8.65. The lowest BCUT2D eigenvalue weighted by atomic mass is 9.93. The van der Waals surface area contributed by atoms with Gasteiger partial charge in [0.2, 0.25) is 0 Å². The van der Waals surface area contributed by atoms with E-state index in [1.54, 1.807) is 30.3 Å². The van der Waals surface area contributed by atoms with E-state index in [1.165, 1.54) is 6.08 Å². The summed E-state index contributed by atoms with van der Waals surface area (Å²) in [5.74, 6) is -1.53. The number of aliphatic carboxylic acids is 1. The molecule has 2 aliphatic rings. The number of hydrazone groups is 1. The molecule has 0 bridgehead atoms. The third kappa shape index (κ3) is 3.88. The minimum Gasteiger partial charge on any atom is -0.479 e. The second kappa shape index (κ2) is 8.04. The predicted octanol–water partition coefficient (Wildman–Crippen LogP) is -1.31. The number of nitrogens with two attached hydrogens (primary N) is 1. The number of aliphatic hydroxyl groups is 3. The first-order valence-corrected chi connectivity index (χ1v) is 8.27. The summed E-state index contributed by atoms with van der Waals surface area (Å²) in [7, 11) is 0. The van der Waals surface area contributed by atoms with Crippen molar-refractivity contribution >= 4 is 23.8 Å². The number of carbonyl (C=O) groups excluding carboxylic acids is 1. The summed E-state index contributed by atoms with van der Waals surface area (Å²) in [5, 5.41) is 43.0. The van der Waals surface area contributed by atoms with Gasteiger partial charge in [0.05, 0.1) is 5.71 Å². The smallest absolute Gasteiger partial charge is 0.335 e. The predicted molar refractivity (Wildman–Crippen MR) is 93.8 cm³/mol. The Bertz CT molecular complexity index is 826. The molecule has 1 aromatic rings. The molecule has 28 heavy (non-hydrogen) atoms. The molecule has 1 aromatic carbocycles. The van der Waals surface area contributed by atoms with E-state index in [4.69, 9.17) is 20.3 Å². The van der Waals surface area contributed by atoms with Gasteiger partial charge in [-0.05, 0) is 17.2 Å². The Morgan fingerprint density at radius 3 is 2.50 bits per heavy atom. The molecule has 0 spiro atoms. The van der Waals surface area contributed by atoms with Crippen molar-refractivity contribution in [1.29, 1.82) is 0 Å². The molecule has 11 nitrogen and oxygen atoms in total. The first-order valence-electron chi connectivity index (χ1n) is 8.27. The zero-order valence-electron chi connectivity index (χ0n) is 14.4. The van der Waals surface area contributed by atoms with E-state index < -0.39 is 48.8 Å². The molecule has 1 aliphatic carbocycles. The number of carboxylic acids is 1. The molecular formula is C17H19N3O8. The van der Waals surface area contributed by atoms with Gasteiger partial charge in [-0.1, -0.05) is 30.3 Å². The van der Waals surface area contributed by atoms with Gasteiger partial charge in [0.25, 0.3) is 0 Å². The lowest BCUT2D eigenvalue weighted by Crippen LogP contribution is -2.60. The van der Waals surface area contributed by atoms with Crippen molar-refractivity contribution in [2.24, 2.45) is 10.8 Å². The third-order valence-corrected chi connectivity index (χ3v) is 4.36. The fourth-order valence-electron chi connectivity index (χ4n) is 2.98. The molecule has 0 radical (unpaired) electrons. The van der Waals surface area contributed by atoms with Crippen molar-refractivity contribution < 1.29 is 39.5 Å². The van der Waals surface area contributed by atoms with Gasteiger partial charge in [-0.15, -0.1) is 0 Å². The Morgan fingerprint density at radius 1 is 1.11 bits per heavy atom. The van der Waals surface area contributed by atoms with Crippen LogP contribution in [0.2, 0.25) is 0 Å². The van der Waals surface area contributed by atoms with Crippen LogP contribution in [-0.2, 0) is 14.3 Å². The molecular weight excluding hydrogens is 374 g/mol. The van der Waals surface area contributed by atoms with Crippen molar-refractivity contribution in [2.75, 3.05) is 0 Å². The number of ether oxygens (including phenoxy) is 2. The van der Waals surface area contributed by atoms with Crippen molar-refractivity contribution in [3.8, 4) is 0 Å². The molecule has 1 fully saturated rings. The topological polar surface area (TPSA) is 184 Å². The highest BCUT2D eigenvalue weighted by molar-refractivity contribution is 6.05. The quantitative estimate of drug-likeness (QED) is 0.340. The number of carbonyl (C=O) groups is 2. The van der Waals surface area contributed by atoms with Gasteiger partial charge in [-0.2, -0.15) is 5.10 Å². The Labute approximate surface area is 158 Å². The van der Waals surface area contributed by atoms with Crippen LogP contribution in [0.3, 0.4) is 0 Å². The van der Waals surface area contributed by atoms with E-state index in [0.717, 1.165) is 5.56 Å². The number of carboxylic acid groups (broad SMARTS) is 1. The Hall–Kier alpha value is -2.83. The maximum Gasteiger partial charge on any atom is 0.335 e. The number of fused-ring (bicyclic) bond motifs is 1. The van der Waals surface area contributed by atoms with E-state index >= 15 is 0 Å². The zero-order valence-corrected chi connectivity index (χ0v) is 14.4. The summed E-state index contributed by atoms with van der Waals surface area (Å²) in [6, 6.07) is 6.10. The highest BCUT2D eigenvalue weighted by atomic mass is 16.7. The SMILES string of the molecule is NC(=O)N/N=C1/C=Cc2ccccc2C1OC1OC(C(=O)O)C(O)C(O)C1O. The van der Waals surface area contributed by atoms with E-state index in [-0.39, 0.29) is 5.71 Å². The van der Waals surface area contributed by atoms with Crippen LogP contribution in [0.25, 0.3) is 6.08 Å². The number of primary amides is 1. The standard InChI is InChI=1S/C17H19N3O8/c18-17(26)20-19-9-6-5-7-3-1-2-4-8(7)13(9)27-16-12(23)10(21)11(22)14(28-16)15(24)25/h1-6,10-14,16,21-23H,(H,24,25)(H3,18,20,26)/b19-9-. The van der Waals surface area contributed by atoms with Crippen LogP contribution < -0.4 is 11.2 Å². The van der Waals surface area contributed by atoms with Gasteiger partial charge in [-0.25, -0.2) is 15.0 Å². The summed E-state index contributed by atoms with van der Waals surface area (Å²) < 4.78 is 10.9. The summed E-state index contributed by atoms with van der Waals surface area (Å²) >= 11 is 0. The molecule has 6 unspecified atom stereocenters. The molecule has 0 saturated carbocycles. The first-order chi connectivity index (χ1) is 13.3. The number of rotatable bonds is 4. The largest absolute Gasteiger partial charge is 0.479 e. The number of nitrogens with one attached hydrogen (secondary N) is 1. The normalized spacial score (nSPS) is 33.3. The van der Waals surface area contributed by atoms with Gasteiger partial charge in [0.15, 0.2) is 12.4 Å². The Balaban J connectivity index is 1.92. The van der Waals surface area contributed by atoms with Crippen LogP contribution in [0, 0.1) is 0 Å². The molecule has 1 saturated heterocycles. The summed E-state index contributed by atoms with van der Waals surface area (Å²) in [6.07, 6.45) is -6.50. The van der Waals surface area contributed by atoms with E-state index in [9.17, 15) is 24.9 Å². The maximum absolute atomic E-state index is 11.3. The van der Waals surface area contributed by atoms with Crippen LogP contribution in [0.1, 0.15) is 17.2 Å². The van der Waals surface area contributed by atoms with Crippen LogP contribution in [0.15, 0.2) is 35.4 Å². The Morgan fingerprint density at radius 2 is 1.82 bits per heavy atom. The van der Waals surface area contributed by atoms with Crippen LogP contribution in [-0.4, -0.2) is 68.8 Å². The third-order valence-electron chi connectivity index (χ3n) is 4.36. The van der Waals surface area contributed by atoms with Crippen LogP contribution in [0.4, 0.5) is 4.79 Å². The number of urea groups is 1. The van der Waals surface area contributed by atoms with Crippen LogP contribution in [0.5, 0.6) is 0 Å². The molecule has 6 atom stereocenters. The van der Waals surface area contributed by atoms with Gasteiger partial charge in [0.1, 0.15) is 24.4 Å². The van der Waals surface area contributed by atoms with Gasteiger partial charge >= 0.3 is 12.0 Å². The number of amides is 2. The number of nitrogens with zero attached hydrogens (tertiary/aromatic N) is 1. The van der Waals surface area contributed by atoms with Gasteiger partial charge < -0.3 is 35.6 Å². The Kier molecular flexibility index (Phi) is 5.72. The maximum atomic E-state index is 11.3. The molecule has 2 amide bonds. The summed E-state index contributed by atoms with van der Waals surface area (Å²) in [6.45, 7) is 0. The highest BCUT2D eigenvalue weighted by Gasteiger charge is 2.48. The fourth-order valence-corrected chi connectivity index (χ4v) is 2.98. The second-order valence-electron chi connectivity index (χ2n) is 6.23. The van der Waals surface area contributed by atoms with Gasteiger partial charge in [-0.3, -0.25) is 0 Å². The fraction of sp³-hybridized carbons (Fsp3) is 0.353. The molecule has 150 valence electrons. The number of hydrogen-bond donors (Lipinski definition) is 6. The molecule has 1 heterocycles. The molecule has 1 aliphatic heterocycles. The minimum absolute atomic E-state index is 0.195. The molecule has 11 heteroatoms. The number of aliphatic hydroxyl groups excluding tert-OH is 3. The van der Waals surface area contributed by atoms with Crippen LogP contribution >= 0.6 is 0 Å². The monoisotopic (exact) mass is 393 g/mol. The van der Waals surface area contributed by atoms with Crippen molar-refractivity contribution in [2.45, 2.75) is 36.8 Å². The highest BCUT2D eigenvalue weighted by Crippen LogP contribution is 2.33. The zero-order chi connectivity index (χ0) is 20.4. The van der Waals surface area contributed by atoms with Crippen molar-refractivity contribution in [3.05, 3.63) is 41.5 Å². The minimum atomic E-state index is -1.84. The molecule has 3 rings (SSSR count). The lowest BCUT2D eigenvalue weighted by Gasteiger charge is -2.40.